The summed E-state index contributed by atoms with van der Waals surface area (Å²) in [5.74, 6) is 0.475. The molecule has 6 nitrogen and oxygen atoms in total. The van der Waals surface area contributed by atoms with E-state index in [0.717, 1.165) is 19.6 Å². The van der Waals surface area contributed by atoms with Crippen molar-refractivity contribution in [3.05, 3.63) is 44.7 Å². The number of hydrogen-bond donors (Lipinski definition) is 0. The first kappa shape index (κ1) is 21.8. The molecule has 2 aromatic rings. The molecule has 1 aromatic heterocycles. The van der Waals surface area contributed by atoms with Crippen molar-refractivity contribution in [1.29, 1.82) is 0 Å². The fourth-order valence-corrected chi connectivity index (χ4v) is 3.33. The number of aryl methyl sites for hydroxylation is 1. The molecule has 0 aliphatic carbocycles. The van der Waals surface area contributed by atoms with E-state index in [4.69, 9.17) is 44.4 Å². The molecule has 0 saturated carbocycles. The third-order valence-corrected chi connectivity index (χ3v) is 5.33. The van der Waals surface area contributed by atoms with Gasteiger partial charge in [-0.25, -0.2) is 0 Å². The monoisotopic (exact) mass is 432 g/mol. The van der Waals surface area contributed by atoms with Crippen LogP contribution in [0.15, 0.2) is 23.5 Å². The molecule has 9 heteroatoms. The molecule has 27 heavy (non-hydrogen) atoms. The summed E-state index contributed by atoms with van der Waals surface area (Å²) in [5.41, 5.74) is 1.62. The van der Waals surface area contributed by atoms with Crippen LogP contribution in [0.4, 0.5) is 0 Å². The lowest BCUT2D eigenvalue weighted by Gasteiger charge is -2.17. The van der Waals surface area contributed by atoms with Crippen molar-refractivity contribution in [3.8, 4) is 5.75 Å². The van der Waals surface area contributed by atoms with Crippen LogP contribution in [0.3, 0.4) is 0 Å². The van der Waals surface area contributed by atoms with E-state index in [1.54, 1.807) is 30.1 Å². The van der Waals surface area contributed by atoms with Gasteiger partial charge in [0, 0.05) is 19.2 Å². The van der Waals surface area contributed by atoms with Crippen LogP contribution in [0, 0.1) is 0 Å². The third-order valence-electron chi connectivity index (χ3n) is 4.19. The van der Waals surface area contributed by atoms with Gasteiger partial charge in [-0.15, -0.1) is 0 Å². The van der Waals surface area contributed by atoms with Gasteiger partial charge in [-0.05, 0) is 25.2 Å². The summed E-state index contributed by atoms with van der Waals surface area (Å²) >= 11 is 19.1. The van der Waals surface area contributed by atoms with Crippen LogP contribution in [0.5, 0.6) is 5.75 Å². The molecule has 0 fully saturated rings. The van der Waals surface area contributed by atoms with E-state index in [-0.39, 0.29) is 0 Å². The summed E-state index contributed by atoms with van der Waals surface area (Å²) in [6.45, 7) is 7.30. The lowest BCUT2D eigenvalue weighted by Crippen LogP contribution is -2.26. The fourth-order valence-electron chi connectivity index (χ4n) is 2.59. The van der Waals surface area contributed by atoms with Crippen LogP contribution in [0.2, 0.25) is 15.1 Å². The van der Waals surface area contributed by atoms with Crippen molar-refractivity contribution in [2.45, 2.75) is 13.8 Å². The number of nitrogens with zero attached hydrogens (tertiary/aromatic N) is 4. The highest BCUT2D eigenvalue weighted by molar-refractivity contribution is 6.46. The molecule has 1 aromatic carbocycles. The van der Waals surface area contributed by atoms with Crippen molar-refractivity contribution in [2.24, 2.45) is 12.2 Å². The molecule has 0 aliphatic rings. The summed E-state index contributed by atoms with van der Waals surface area (Å²) in [7, 11) is 3.30. The van der Waals surface area contributed by atoms with E-state index in [0.29, 0.717) is 44.4 Å². The predicted octanol–water partition coefficient (Wildman–Crippen LogP) is 4.50. The normalized spacial score (nSPS) is 11.9. The quantitative estimate of drug-likeness (QED) is 0.332. The minimum absolute atomic E-state index is 0.297. The van der Waals surface area contributed by atoms with Gasteiger partial charge < -0.3 is 14.5 Å². The molecular formula is C18H23Cl3N4O2. The summed E-state index contributed by atoms with van der Waals surface area (Å²) in [5, 5.41) is 9.53. The van der Waals surface area contributed by atoms with Gasteiger partial charge in [-0.3, -0.25) is 4.68 Å². The van der Waals surface area contributed by atoms with Crippen LogP contribution in [0.1, 0.15) is 25.1 Å². The molecule has 0 aliphatic heterocycles. The molecule has 1 heterocycles. The van der Waals surface area contributed by atoms with Crippen molar-refractivity contribution >= 4 is 40.5 Å². The van der Waals surface area contributed by atoms with Crippen LogP contribution in [-0.4, -0.2) is 53.7 Å². The first-order chi connectivity index (χ1) is 12.9. The minimum Gasteiger partial charge on any atom is -0.495 e. The Morgan fingerprint density at radius 2 is 1.89 bits per heavy atom. The van der Waals surface area contributed by atoms with E-state index in [1.807, 2.05) is 0 Å². The van der Waals surface area contributed by atoms with Crippen molar-refractivity contribution in [3.63, 3.8) is 0 Å². The zero-order valence-electron chi connectivity index (χ0n) is 15.8. The molecule has 148 valence electrons. The second-order valence-corrected chi connectivity index (χ2v) is 6.87. The Balaban J connectivity index is 2.40. The highest BCUT2D eigenvalue weighted by Gasteiger charge is 2.22. The maximum absolute atomic E-state index is 6.47. The summed E-state index contributed by atoms with van der Waals surface area (Å²) in [6.07, 6.45) is 1.54. The van der Waals surface area contributed by atoms with E-state index in [1.165, 1.54) is 7.11 Å². The Bertz CT molecular complexity index is 785. The topological polar surface area (TPSA) is 51.9 Å². The molecular weight excluding hydrogens is 411 g/mol. The first-order valence-corrected chi connectivity index (χ1v) is 9.70. The van der Waals surface area contributed by atoms with Crippen molar-refractivity contribution in [2.75, 3.05) is 33.4 Å². The van der Waals surface area contributed by atoms with E-state index < -0.39 is 0 Å². The van der Waals surface area contributed by atoms with Gasteiger partial charge >= 0.3 is 0 Å². The maximum atomic E-state index is 6.47. The largest absolute Gasteiger partial charge is 0.495 e. The Labute approximate surface area is 174 Å². The number of benzene rings is 1. The SMILES string of the molecule is CCN(CC)CCO/N=C(\c1ccc(OC)c(Cl)c1Cl)c1c(Cl)cnn1C. The average Bonchev–Trinajstić information content (AvgIpc) is 3.00. The summed E-state index contributed by atoms with van der Waals surface area (Å²) in [6, 6.07) is 3.49. The molecule has 0 spiro atoms. The zero-order valence-corrected chi connectivity index (χ0v) is 18.1. The Hall–Kier alpha value is -1.47. The molecule has 2 rings (SSSR count). The second-order valence-electron chi connectivity index (χ2n) is 5.71. The highest BCUT2D eigenvalue weighted by Crippen LogP contribution is 2.36. The van der Waals surface area contributed by atoms with Crippen molar-refractivity contribution in [1.82, 2.24) is 14.7 Å². The van der Waals surface area contributed by atoms with Gasteiger partial charge in [0.05, 0.1) is 23.4 Å². The number of rotatable bonds is 9. The number of halogens is 3. The number of hydrogen-bond acceptors (Lipinski definition) is 5. The lowest BCUT2D eigenvalue weighted by atomic mass is 10.1. The maximum Gasteiger partial charge on any atom is 0.139 e. The van der Waals surface area contributed by atoms with Gasteiger partial charge in [-0.2, -0.15) is 5.10 Å². The number of likely N-dealkylation sites (N-methyl/N-ethyl adjacent to an activating group) is 1. The molecule has 0 bridgehead atoms. The van der Waals surface area contributed by atoms with Crippen LogP contribution >= 0.6 is 34.8 Å². The molecule has 0 N–H and O–H groups in total. The minimum atomic E-state index is 0.297. The molecule has 0 atom stereocenters. The van der Waals surface area contributed by atoms with Gasteiger partial charge in [0.1, 0.15) is 28.8 Å². The van der Waals surface area contributed by atoms with Crippen molar-refractivity contribution < 1.29 is 9.57 Å². The predicted molar refractivity (Wildman–Crippen MR) is 111 cm³/mol. The van der Waals surface area contributed by atoms with Crippen LogP contribution in [0.25, 0.3) is 0 Å². The van der Waals surface area contributed by atoms with E-state index >= 15 is 0 Å². The number of methoxy groups -OCH3 is 1. The fraction of sp³-hybridized carbons (Fsp3) is 0.444. The number of ether oxygens (including phenoxy) is 1. The lowest BCUT2D eigenvalue weighted by molar-refractivity contribution is 0.114. The third kappa shape index (κ3) is 5.08. The molecule has 0 amide bonds. The second kappa shape index (κ2) is 10.2. The average molecular weight is 434 g/mol. The molecule has 0 saturated heterocycles. The zero-order chi connectivity index (χ0) is 20.0. The number of aromatic nitrogens is 2. The summed E-state index contributed by atoms with van der Waals surface area (Å²) in [4.78, 5) is 7.82. The van der Waals surface area contributed by atoms with Crippen LogP contribution < -0.4 is 4.74 Å². The van der Waals surface area contributed by atoms with E-state index in [2.05, 4.69) is 29.0 Å². The van der Waals surface area contributed by atoms with Gasteiger partial charge in [0.15, 0.2) is 0 Å². The summed E-state index contributed by atoms with van der Waals surface area (Å²) < 4.78 is 6.83. The number of oxime groups is 1. The smallest absolute Gasteiger partial charge is 0.139 e. The molecule has 0 radical (unpaired) electrons. The first-order valence-electron chi connectivity index (χ1n) is 8.57. The molecule has 0 unspecified atom stereocenters. The Kier molecular flexibility index (Phi) is 8.23. The van der Waals surface area contributed by atoms with Gasteiger partial charge in [0.25, 0.3) is 0 Å². The Morgan fingerprint density at radius 1 is 1.19 bits per heavy atom. The van der Waals surface area contributed by atoms with Gasteiger partial charge in [-0.1, -0.05) is 53.8 Å². The van der Waals surface area contributed by atoms with Crippen LogP contribution in [-0.2, 0) is 11.9 Å². The van der Waals surface area contributed by atoms with Gasteiger partial charge in [0.2, 0.25) is 0 Å². The van der Waals surface area contributed by atoms with E-state index in [9.17, 15) is 0 Å². The Morgan fingerprint density at radius 3 is 2.44 bits per heavy atom. The highest BCUT2D eigenvalue weighted by atomic mass is 35.5. The standard InChI is InChI=1S/C18H23Cl3N4O2/c1-5-25(6-2)9-10-27-23-17(18-13(19)11-22-24(18)3)12-7-8-14(26-4)16(21)15(12)20/h7-8,11H,5-6,9-10H2,1-4H3/b23-17+.